The van der Waals surface area contributed by atoms with Crippen molar-refractivity contribution in [3.8, 4) is 0 Å². The van der Waals surface area contributed by atoms with Gasteiger partial charge in [0.15, 0.2) is 11.9 Å². The maximum atomic E-state index is 10.8. The molecule has 4 bridgehead atoms. The van der Waals surface area contributed by atoms with Gasteiger partial charge in [-0.3, -0.25) is 0 Å². The van der Waals surface area contributed by atoms with Gasteiger partial charge in [0, 0.05) is 27.1 Å². The van der Waals surface area contributed by atoms with Gasteiger partial charge in [-0.15, -0.1) is 0 Å². The average molecular weight is 302 g/mol. The van der Waals surface area contributed by atoms with Crippen LogP contribution >= 0.6 is 0 Å². The number of ether oxygens (including phenoxy) is 5. The first-order valence-electron chi connectivity index (χ1n) is 7.32. The van der Waals surface area contributed by atoms with Crippen molar-refractivity contribution in [2.45, 2.75) is 73.9 Å². The Balaban J connectivity index is 1.94. The Hall–Kier alpha value is -0.280. The largest absolute Gasteiger partial charge is 0.384 e. The minimum absolute atomic E-state index is 0.237. The lowest BCUT2D eigenvalue weighted by Crippen LogP contribution is -2.74. The van der Waals surface area contributed by atoms with E-state index in [9.17, 15) is 10.2 Å². The first kappa shape index (κ1) is 14.3. The van der Waals surface area contributed by atoms with Gasteiger partial charge < -0.3 is 33.9 Å². The van der Waals surface area contributed by atoms with Gasteiger partial charge in [0.2, 0.25) is 5.79 Å². The Morgan fingerprint density at radius 2 is 1.86 bits per heavy atom. The lowest BCUT2D eigenvalue weighted by atomic mass is 9.66. The van der Waals surface area contributed by atoms with Crippen molar-refractivity contribution in [3.63, 3.8) is 0 Å². The summed E-state index contributed by atoms with van der Waals surface area (Å²) in [6, 6.07) is 0. The highest BCUT2D eigenvalue weighted by atomic mass is 16.8. The average Bonchev–Trinajstić information content (AvgIpc) is 2.68. The van der Waals surface area contributed by atoms with E-state index in [2.05, 4.69) is 0 Å². The fourth-order valence-electron chi connectivity index (χ4n) is 5.31. The lowest BCUT2D eigenvalue weighted by molar-refractivity contribution is -0.388. The monoisotopic (exact) mass is 302 g/mol. The molecule has 0 radical (unpaired) electrons. The lowest BCUT2D eigenvalue weighted by Gasteiger charge is -2.56. The van der Waals surface area contributed by atoms with Crippen LogP contribution in [0.1, 0.15) is 26.7 Å². The van der Waals surface area contributed by atoms with Gasteiger partial charge in [0.1, 0.15) is 17.3 Å². The Morgan fingerprint density at radius 1 is 1.14 bits per heavy atom. The van der Waals surface area contributed by atoms with Crippen molar-refractivity contribution in [2.24, 2.45) is 0 Å². The van der Waals surface area contributed by atoms with E-state index < -0.39 is 41.1 Å². The molecule has 0 aromatic rings. The summed E-state index contributed by atoms with van der Waals surface area (Å²) in [5, 5.41) is 20.8. The van der Waals surface area contributed by atoms with E-state index in [-0.39, 0.29) is 12.5 Å². The highest BCUT2D eigenvalue weighted by molar-refractivity contribution is 5.36. The van der Waals surface area contributed by atoms with Crippen molar-refractivity contribution < 1.29 is 33.9 Å². The smallest absolute Gasteiger partial charge is 0.200 e. The summed E-state index contributed by atoms with van der Waals surface area (Å²) >= 11 is 0. The molecule has 5 aliphatic rings. The molecule has 0 aromatic carbocycles. The summed E-state index contributed by atoms with van der Waals surface area (Å²) in [6.07, 6.45) is -2.15. The normalized spacial score (nSPS) is 64.9. The number of hydrogen-bond acceptors (Lipinski definition) is 7. The quantitative estimate of drug-likeness (QED) is 0.713. The summed E-state index contributed by atoms with van der Waals surface area (Å²) in [5.74, 6) is -1.11. The Kier molecular flexibility index (Phi) is 2.58. The Morgan fingerprint density at radius 3 is 2.48 bits per heavy atom. The van der Waals surface area contributed by atoms with E-state index in [1.165, 1.54) is 7.11 Å². The van der Waals surface area contributed by atoms with Gasteiger partial charge in [-0.2, -0.15) is 0 Å². The molecule has 0 unspecified atom stereocenters. The second-order valence-corrected chi connectivity index (χ2v) is 6.70. The van der Waals surface area contributed by atoms with Crippen molar-refractivity contribution in [1.82, 2.24) is 0 Å². The molecule has 5 rings (SSSR count). The number of aliphatic hydroxyl groups is 2. The van der Waals surface area contributed by atoms with Crippen LogP contribution in [0.15, 0.2) is 0 Å². The second-order valence-electron chi connectivity index (χ2n) is 6.70. The Labute approximate surface area is 123 Å². The van der Waals surface area contributed by atoms with Crippen LogP contribution < -0.4 is 0 Å². The van der Waals surface area contributed by atoms with Crippen LogP contribution in [0.25, 0.3) is 0 Å². The van der Waals surface area contributed by atoms with E-state index in [0.717, 1.165) is 0 Å². The van der Waals surface area contributed by atoms with Crippen LogP contribution in [-0.4, -0.2) is 71.6 Å². The summed E-state index contributed by atoms with van der Waals surface area (Å²) in [4.78, 5) is 0. The van der Waals surface area contributed by atoms with E-state index in [4.69, 9.17) is 23.7 Å². The maximum absolute atomic E-state index is 10.8. The highest BCUT2D eigenvalue weighted by Crippen LogP contribution is 2.70. The zero-order valence-electron chi connectivity index (χ0n) is 12.7. The molecule has 7 nitrogen and oxygen atoms in total. The molecule has 5 fully saturated rings. The van der Waals surface area contributed by atoms with Crippen molar-refractivity contribution in [3.05, 3.63) is 0 Å². The van der Waals surface area contributed by atoms with Crippen LogP contribution in [-0.2, 0) is 23.7 Å². The topological polar surface area (TPSA) is 86.6 Å². The van der Waals surface area contributed by atoms with Gasteiger partial charge in [-0.1, -0.05) is 0 Å². The van der Waals surface area contributed by atoms with E-state index in [1.54, 1.807) is 7.11 Å². The first-order chi connectivity index (χ1) is 9.82. The molecular weight excluding hydrogens is 280 g/mol. The van der Waals surface area contributed by atoms with Crippen molar-refractivity contribution in [2.75, 3.05) is 14.2 Å². The maximum Gasteiger partial charge on any atom is 0.200 e. The molecule has 0 saturated carbocycles. The Bertz CT molecular complexity index is 486. The second kappa shape index (κ2) is 3.79. The van der Waals surface area contributed by atoms with Gasteiger partial charge in [0.05, 0.1) is 12.2 Å². The van der Waals surface area contributed by atoms with Crippen LogP contribution in [0.2, 0.25) is 0 Å². The third-order valence-corrected chi connectivity index (χ3v) is 6.14. The molecule has 7 heteroatoms. The zero-order valence-corrected chi connectivity index (χ0v) is 12.7. The van der Waals surface area contributed by atoms with Gasteiger partial charge >= 0.3 is 0 Å². The van der Waals surface area contributed by atoms with E-state index in [1.807, 2.05) is 13.8 Å². The summed E-state index contributed by atoms with van der Waals surface area (Å²) in [5.41, 5.74) is -2.90. The summed E-state index contributed by atoms with van der Waals surface area (Å²) < 4.78 is 29.4. The third kappa shape index (κ3) is 1.17. The number of rotatable bonds is 2. The molecule has 0 aromatic heterocycles. The van der Waals surface area contributed by atoms with Crippen molar-refractivity contribution in [1.29, 1.82) is 0 Å². The molecule has 2 N–H and O–H groups in total. The molecule has 8 atom stereocenters. The molecular formula is C14H22O7. The SMILES string of the molecule is CO[C@@]12C[C@H]3O[C@@](C)([C@H]1O)[C@@]1(O2)[C@H](C)O[C@@H](O)C[C@@]31OC. The molecule has 1 spiro atoms. The van der Waals surface area contributed by atoms with Crippen LogP contribution in [0.4, 0.5) is 0 Å². The number of aliphatic hydroxyl groups excluding tert-OH is 2. The zero-order chi connectivity index (χ0) is 15.3. The highest BCUT2D eigenvalue weighted by Gasteiger charge is 2.90. The molecule has 0 aliphatic carbocycles. The summed E-state index contributed by atoms with van der Waals surface area (Å²) in [6.45, 7) is 3.62. The predicted octanol–water partition coefficient (Wildman–Crippen LogP) is -0.467. The van der Waals surface area contributed by atoms with Crippen LogP contribution in [0.3, 0.4) is 0 Å². The van der Waals surface area contributed by atoms with Crippen LogP contribution in [0.5, 0.6) is 0 Å². The minimum Gasteiger partial charge on any atom is -0.384 e. The molecule has 0 amide bonds. The molecule has 5 heterocycles. The third-order valence-electron chi connectivity index (χ3n) is 6.14. The standard InChI is InChI=1S/C14H22O7/c1-7-14-11(2)10(16)13(18-4,21-14)5-8(20-11)12(14,17-3)6-9(15)19-7/h7-10,15-16H,5-6H2,1-4H3/t7-,8+,9+,10+,11-,12+,13+,14-/m0/s1. The minimum atomic E-state index is -1.11. The predicted molar refractivity (Wildman–Crippen MR) is 68.4 cm³/mol. The molecule has 120 valence electrons. The van der Waals surface area contributed by atoms with Crippen LogP contribution in [0, 0.1) is 0 Å². The summed E-state index contributed by atoms with van der Waals surface area (Å²) in [7, 11) is 3.11. The number of methoxy groups -OCH3 is 2. The molecule has 5 aliphatic heterocycles. The van der Waals surface area contributed by atoms with E-state index in [0.29, 0.717) is 6.42 Å². The van der Waals surface area contributed by atoms with E-state index >= 15 is 0 Å². The molecule has 5 saturated heterocycles. The molecule has 21 heavy (non-hydrogen) atoms. The number of hydrogen-bond donors (Lipinski definition) is 2. The fraction of sp³-hybridized carbons (Fsp3) is 1.00. The van der Waals surface area contributed by atoms with Crippen molar-refractivity contribution >= 4 is 0 Å². The first-order valence-corrected chi connectivity index (χ1v) is 7.32. The van der Waals surface area contributed by atoms with Gasteiger partial charge in [-0.25, -0.2) is 0 Å². The van der Waals surface area contributed by atoms with Gasteiger partial charge in [-0.05, 0) is 13.8 Å². The van der Waals surface area contributed by atoms with Gasteiger partial charge in [0.25, 0.3) is 0 Å². The fourth-order valence-corrected chi connectivity index (χ4v) is 5.31.